The van der Waals surface area contributed by atoms with Gasteiger partial charge in [0.2, 0.25) is 12.5 Å². The molecule has 1 aromatic heterocycles. The zero-order valence-corrected chi connectivity index (χ0v) is 20.2. The van der Waals surface area contributed by atoms with Crippen molar-refractivity contribution in [1.29, 1.82) is 0 Å². The molecule has 178 valence electrons. The molecule has 3 aromatic rings. The zero-order valence-electron chi connectivity index (χ0n) is 20.2. The van der Waals surface area contributed by atoms with Crippen molar-refractivity contribution in [3.63, 3.8) is 0 Å². The number of hydrogen-bond acceptors (Lipinski definition) is 5. The molecular weight excluding hydrogens is 436 g/mol. The number of hydrogen-bond donors (Lipinski definition) is 0. The van der Waals surface area contributed by atoms with Crippen molar-refractivity contribution < 1.29 is 4.79 Å². The normalized spacial score (nSPS) is 18.1. The third kappa shape index (κ3) is 4.32. The highest BCUT2D eigenvalue weighted by Crippen LogP contribution is 2.34. The number of nitrogens with zero attached hydrogens (tertiary/aromatic N) is 6. The first-order valence-electron chi connectivity index (χ1n) is 12.2. The van der Waals surface area contributed by atoms with Gasteiger partial charge in [-0.3, -0.25) is 4.79 Å². The summed E-state index contributed by atoms with van der Waals surface area (Å²) in [6.45, 7) is 17.0. The number of carbonyl (C=O) groups is 1. The number of rotatable bonds is 4. The average molecular weight is 467 g/mol. The molecule has 7 nitrogen and oxygen atoms in total. The van der Waals surface area contributed by atoms with Gasteiger partial charge in [0.15, 0.2) is 0 Å². The van der Waals surface area contributed by atoms with E-state index in [-0.39, 0.29) is 18.5 Å². The number of aryl methyl sites for hydroxylation is 1. The van der Waals surface area contributed by atoms with Crippen molar-refractivity contribution in [1.82, 2.24) is 14.9 Å². The van der Waals surface area contributed by atoms with Crippen LogP contribution in [0.15, 0.2) is 55.4 Å². The van der Waals surface area contributed by atoms with Gasteiger partial charge in [-0.2, -0.15) is 0 Å². The summed E-state index contributed by atoms with van der Waals surface area (Å²) in [5, 5.41) is 2.56. The lowest BCUT2D eigenvalue weighted by atomic mass is 10.0. The molecule has 1 atom stereocenters. The summed E-state index contributed by atoms with van der Waals surface area (Å²) in [5.74, 6) is 0.840. The highest BCUT2D eigenvalue weighted by atomic mass is 16.2. The van der Waals surface area contributed by atoms with Crippen LogP contribution in [0.25, 0.3) is 15.6 Å². The van der Waals surface area contributed by atoms with Gasteiger partial charge >= 0.3 is 0 Å². The quantitative estimate of drug-likeness (QED) is 0.430. The summed E-state index contributed by atoms with van der Waals surface area (Å²) < 4.78 is 0. The lowest BCUT2D eigenvalue weighted by molar-refractivity contribution is -0.128. The van der Waals surface area contributed by atoms with Crippen molar-refractivity contribution in [3.05, 3.63) is 83.6 Å². The first kappa shape index (κ1) is 22.9. The van der Waals surface area contributed by atoms with Crippen LogP contribution in [0.4, 0.5) is 11.5 Å². The van der Waals surface area contributed by atoms with E-state index in [9.17, 15) is 4.79 Å². The lowest BCUT2D eigenvalue weighted by Gasteiger charge is -2.40. The van der Waals surface area contributed by atoms with Crippen LogP contribution in [0.3, 0.4) is 0 Å². The molecule has 0 saturated carbocycles. The second-order valence-electron chi connectivity index (χ2n) is 9.27. The number of anilines is 2. The molecule has 7 heteroatoms. The van der Waals surface area contributed by atoms with Gasteiger partial charge < -0.3 is 19.5 Å². The molecule has 2 aromatic carbocycles. The van der Waals surface area contributed by atoms with Crippen molar-refractivity contribution in [2.45, 2.75) is 32.4 Å². The van der Waals surface area contributed by atoms with E-state index in [1.165, 1.54) is 33.7 Å². The summed E-state index contributed by atoms with van der Waals surface area (Å²) in [7, 11) is 0. The molecule has 0 bridgehead atoms. The van der Waals surface area contributed by atoms with E-state index < -0.39 is 0 Å². The third-order valence-electron chi connectivity index (χ3n) is 7.18. The largest absolute Gasteiger partial charge is 0.365 e. The predicted octanol–water partition coefficient (Wildman–Crippen LogP) is 4.01. The van der Waals surface area contributed by atoms with Crippen LogP contribution >= 0.6 is 0 Å². The first-order chi connectivity index (χ1) is 17.1. The Bertz CT molecular complexity index is 1310. The number of carbonyl (C=O) groups excluding carboxylic acids is 1. The molecule has 2 aliphatic rings. The van der Waals surface area contributed by atoms with Crippen LogP contribution in [0.2, 0.25) is 0 Å². The van der Waals surface area contributed by atoms with Crippen LogP contribution in [0.1, 0.15) is 23.2 Å². The Morgan fingerprint density at radius 2 is 2.00 bits per heavy atom. The highest BCUT2D eigenvalue weighted by Gasteiger charge is 2.33. The van der Waals surface area contributed by atoms with Crippen LogP contribution in [-0.4, -0.2) is 59.5 Å². The standard InChI is InChI=1S/C28H30N6O/c1-4-26(35)34-15-14-33(17-22(34)16-29-3)28-23-11-7-13-32(18-24(23)30-19-31-28)25-12-6-10-21-9-5-8-20(2)27(21)25/h4-6,8-10,12,19,22H,1,7,11,13-18H2,2H3/t22-/m0/s1. The Hall–Kier alpha value is -3.92. The van der Waals surface area contributed by atoms with Gasteiger partial charge in [0.1, 0.15) is 18.2 Å². The minimum absolute atomic E-state index is 0.110. The van der Waals surface area contributed by atoms with Crippen molar-refractivity contribution in [2.75, 3.05) is 42.5 Å². The van der Waals surface area contributed by atoms with Gasteiger partial charge in [-0.15, -0.1) is 0 Å². The van der Waals surface area contributed by atoms with Crippen molar-refractivity contribution in [3.8, 4) is 0 Å². The molecule has 1 amide bonds. The lowest BCUT2D eigenvalue weighted by Crippen LogP contribution is -2.56. The number of fused-ring (bicyclic) bond motifs is 2. The molecule has 1 saturated heterocycles. The molecule has 0 N–H and O–H groups in total. The minimum atomic E-state index is -0.168. The van der Waals surface area contributed by atoms with E-state index in [1.807, 2.05) is 0 Å². The third-order valence-corrected chi connectivity index (χ3v) is 7.18. The van der Waals surface area contributed by atoms with Crippen LogP contribution in [0.5, 0.6) is 0 Å². The van der Waals surface area contributed by atoms with E-state index >= 15 is 0 Å². The summed E-state index contributed by atoms with van der Waals surface area (Å²) in [4.78, 5) is 31.8. The fourth-order valence-electron chi connectivity index (χ4n) is 5.50. The topological polar surface area (TPSA) is 56.9 Å². The molecule has 3 heterocycles. The number of benzene rings is 2. The predicted molar refractivity (Wildman–Crippen MR) is 139 cm³/mol. The van der Waals surface area contributed by atoms with E-state index in [1.54, 1.807) is 11.2 Å². The van der Waals surface area contributed by atoms with Gasteiger partial charge in [-0.05, 0) is 42.9 Å². The highest BCUT2D eigenvalue weighted by molar-refractivity contribution is 5.97. The molecule has 0 aliphatic carbocycles. The van der Waals surface area contributed by atoms with Crippen molar-refractivity contribution in [2.24, 2.45) is 0 Å². The minimum Gasteiger partial charge on any atom is -0.365 e. The molecule has 2 aliphatic heterocycles. The summed E-state index contributed by atoms with van der Waals surface area (Å²) >= 11 is 0. The van der Waals surface area contributed by atoms with Crippen LogP contribution in [0, 0.1) is 13.5 Å². The summed E-state index contributed by atoms with van der Waals surface area (Å²) in [6, 6.07) is 12.8. The van der Waals surface area contributed by atoms with Crippen molar-refractivity contribution >= 4 is 28.2 Å². The molecule has 0 radical (unpaired) electrons. The van der Waals surface area contributed by atoms with Gasteiger partial charge in [0.05, 0.1) is 12.2 Å². The Labute approximate surface area is 206 Å². The van der Waals surface area contributed by atoms with E-state index in [0.29, 0.717) is 19.6 Å². The van der Waals surface area contributed by atoms with E-state index in [4.69, 9.17) is 16.5 Å². The zero-order chi connectivity index (χ0) is 24.4. The number of amides is 1. The fourth-order valence-corrected chi connectivity index (χ4v) is 5.50. The molecule has 35 heavy (non-hydrogen) atoms. The maximum Gasteiger partial charge on any atom is 0.246 e. The van der Waals surface area contributed by atoms with E-state index in [0.717, 1.165) is 37.4 Å². The summed E-state index contributed by atoms with van der Waals surface area (Å²) in [5.41, 5.74) is 4.78. The monoisotopic (exact) mass is 466 g/mol. The Kier molecular flexibility index (Phi) is 6.37. The SMILES string of the molecule is [C-]#[N+]C[C@H]1CN(c2ncnc3c2CCCN(c2cccc4cccc(C)c24)C3)CCN1C(=O)C=C. The molecule has 5 rings (SSSR count). The summed E-state index contributed by atoms with van der Waals surface area (Å²) in [6.07, 6.45) is 4.92. The van der Waals surface area contributed by atoms with Crippen LogP contribution < -0.4 is 9.80 Å². The maximum absolute atomic E-state index is 12.3. The Morgan fingerprint density at radius 1 is 1.17 bits per heavy atom. The van der Waals surface area contributed by atoms with Gasteiger partial charge in [0.25, 0.3) is 0 Å². The number of aromatic nitrogens is 2. The molecule has 0 spiro atoms. The molecule has 1 fully saturated rings. The molecular formula is C28H30N6O. The maximum atomic E-state index is 12.3. The second-order valence-corrected chi connectivity index (χ2v) is 9.27. The van der Waals surface area contributed by atoms with Gasteiger partial charge in [0, 0.05) is 42.8 Å². The molecule has 0 unspecified atom stereocenters. The number of piperazine rings is 1. The van der Waals surface area contributed by atoms with Gasteiger partial charge in [-0.25, -0.2) is 16.5 Å². The second kappa shape index (κ2) is 9.75. The first-order valence-corrected chi connectivity index (χ1v) is 12.2. The fraction of sp³-hybridized carbons (Fsp3) is 0.357. The van der Waals surface area contributed by atoms with E-state index in [2.05, 4.69) is 64.5 Å². The van der Waals surface area contributed by atoms with Gasteiger partial charge in [-0.1, -0.05) is 36.9 Å². The average Bonchev–Trinajstić information content (AvgIpc) is 3.11. The smallest absolute Gasteiger partial charge is 0.246 e. The van der Waals surface area contributed by atoms with Crippen LogP contribution in [-0.2, 0) is 17.8 Å². The Balaban J connectivity index is 1.45. The Morgan fingerprint density at radius 3 is 2.80 bits per heavy atom.